The fourth-order valence-electron chi connectivity index (χ4n) is 2.11. The van der Waals surface area contributed by atoms with E-state index in [0.29, 0.717) is 0 Å². The molecule has 0 saturated carbocycles. The van der Waals surface area contributed by atoms with Gasteiger partial charge in [-0.05, 0) is 29.8 Å². The molecule has 0 unspecified atom stereocenters. The van der Waals surface area contributed by atoms with Gasteiger partial charge in [-0.2, -0.15) is 20.2 Å². The first-order valence-corrected chi connectivity index (χ1v) is 8.15. The molecular formula is C18H13BrN6. The van der Waals surface area contributed by atoms with E-state index in [1.807, 2.05) is 54.6 Å². The number of nitriles is 1. The van der Waals surface area contributed by atoms with Gasteiger partial charge in [0.2, 0.25) is 11.9 Å². The van der Waals surface area contributed by atoms with Crippen LogP contribution in [-0.2, 0) is 0 Å². The minimum atomic E-state index is 0.0386. The molecule has 7 heteroatoms. The number of benzene rings is 2. The van der Waals surface area contributed by atoms with E-state index in [1.165, 1.54) is 0 Å². The molecule has 1 heterocycles. The van der Waals surface area contributed by atoms with Gasteiger partial charge in [-0.15, -0.1) is 0 Å². The lowest BCUT2D eigenvalue weighted by molar-refractivity contribution is 1.04. The molecule has 0 aliphatic heterocycles. The summed E-state index contributed by atoms with van der Waals surface area (Å²) in [6.07, 6.45) is 1.70. The van der Waals surface area contributed by atoms with E-state index in [4.69, 9.17) is 5.73 Å². The monoisotopic (exact) mass is 392 g/mol. The van der Waals surface area contributed by atoms with Gasteiger partial charge in [-0.3, -0.25) is 0 Å². The standard InChI is InChI=1S/C18H13BrN6/c19-15-9-5-4-6-12(15)10-13(11-20)16-23-17(21)25-18(24-16)22-14-7-2-1-3-8-14/h1-10H,(H3,21,22,23,24,25)/b13-10+. The third-order valence-electron chi connectivity index (χ3n) is 3.25. The second kappa shape index (κ2) is 7.55. The first-order chi connectivity index (χ1) is 12.2. The average Bonchev–Trinajstić information content (AvgIpc) is 2.61. The molecule has 0 aliphatic carbocycles. The number of nitrogen functional groups attached to an aromatic ring is 1. The van der Waals surface area contributed by atoms with Crippen molar-refractivity contribution >= 4 is 45.2 Å². The molecule has 0 amide bonds. The fraction of sp³-hybridized carbons (Fsp3) is 0. The zero-order valence-corrected chi connectivity index (χ0v) is 14.6. The number of rotatable bonds is 4. The maximum absolute atomic E-state index is 9.51. The van der Waals surface area contributed by atoms with Gasteiger partial charge in [0.05, 0.1) is 5.57 Å². The quantitative estimate of drug-likeness (QED) is 0.650. The van der Waals surface area contributed by atoms with Crippen molar-refractivity contribution in [2.75, 3.05) is 11.1 Å². The van der Waals surface area contributed by atoms with E-state index >= 15 is 0 Å². The minimum Gasteiger partial charge on any atom is -0.368 e. The van der Waals surface area contributed by atoms with Gasteiger partial charge >= 0.3 is 0 Å². The van der Waals surface area contributed by atoms with Crippen LogP contribution in [0.15, 0.2) is 59.1 Å². The third kappa shape index (κ3) is 4.19. The lowest BCUT2D eigenvalue weighted by Gasteiger charge is -2.07. The normalized spacial score (nSPS) is 11.0. The Morgan fingerprint density at radius 2 is 1.76 bits per heavy atom. The summed E-state index contributed by atoms with van der Waals surface area (Å²) in [5.74, 6) is 0.530. The maximum Gasteiger partial charge on any atom is 0.232 e. The van der Waals surface area contributed by atoms with Crippen LogP contribution in [0.25, 0.3) is 11.6 Å². The number of aromatic nitrogens is 3. The van der Waals surface area contributed by atoms with E-state index in [9.17, 15) is 5.26 Å². The lowest BCUT2D eigenvalue weighted by Crippen LogP contribution is -2.06. The van der Waals surface area contributed by atoms with Gasteiger partial charge in [0.1, 0.15) is 6.07 Å². The SMILES string of the molecule is N#C/C(=C\c1ccccc1Br)c1nc(N)nc(Nc2ccccc2)n1. The average molecular weight is 393 g/mol. The van der Waals surface area contributed by atoms with Crippen LogP contribution in [0.1, 0.15) is 11.4 Å². The molecule has 122 valence electrons. The zero-order valence-electron chi connectivity index (χ0n) is 13.0. The molecule has 3 aromatic rings. The van der Waals surface area contributed by atoms with E-state index in [-0.39, 0.29) is 23.3 Å². The third-order valence-corrected chi connectivity index (χ3v) is 3.97. The van der Waals surface area contributed by atoms with E-state index in [2.05, 4.69) is 42.3 Å². The Morgan fingerprint density at radius 1 is 1.04 bits per heavy atom. The smallest absolute Gasteiger partial charge is 0.232 e. The topological polar surface area (TPSA) is 101 Å². The van der Waals surface area contributed by atoms with Crippen molar-refractivity contribution in [1.82, 2.24) is 15.0 Å². The highest BCUT2D eigenvalue weighted by Crippen LogP contribution is 2.22. The molecule has 3 rings (SSSR count). The van der Waals surface area contributed by atoms with Crippen molar-refractivity contribution in [3.63, 3.8) is 0 Å². The van der Waals surface area contributed by atoms with Crippen molar-refractivity contribution < 1.29 is 0 Å². The van der Waals surface area contributed by atoms with Gasteiger partial charge in [-0.1, -0.05) is 52.3 Å². The summed E-state index contributed by atoms with van der Waals surface area (Å²) in [5.41, 5.74) is 7.73. The summed E-state index contributed by atoms with van der Waals surface area (Å²) < 4.78 is 0.868. The van der Waals surface area contributed by atoms with Crippen molar-refractivity contribution in [3.05, 3.63) is 70.5 Å². The molecular weight excluding hydrogens is 380 g/mol. The second-order valence-corrected chi connectivity index (χ2v) is 5.88. The maximum atomic E-state index is 9.51. The molecule has 1 aromatic heterocycles. The van der Waals surface area contributed by atoms with Crippen LogP contribution < -0.4 is 11.1 Å². The number of hydrogen-bond donors (Lipinski definition) is 2. The Morgan fingerprint density at radius 3 is 2.48 bits per heavy atom. The predicted octanol–water partition coefficient (Wildman–Crippen LogP) is 4.02. The molecule has 0 bridgehead atoms. The lowest BCUT2D eigenvalue weighted by atomic mass is 10.1. The van der Waals surface area contributed by atoms with Gasteiger partial charge in [0, 0.05) is 10.2 Å². The summed E-state index contributed by atoms with van der Waals surface area (Å²) in [6.45, 7) is 0. The first-order valence-electron chi connectivity index (χ1n) is 7.36. The Bertz CT molecular complexity index is 963. The Balaban J connectivity index is 1.98. The molecule has 2 aromatic carbocycles. The van der Waals surface area contributed by atoms with Crippen molar-refractivity contribution in [2.45, 2.75) is 0 Å². The highest BCUT2D eigenvalue weighted by atomic mass is 79.9. The number of allylic oxidation sites excluding steroid dienone is 1. The first kappa shape index (κ1) is 16.6. The van der Waals surface area contributed by atoms with Crippen molar-refractivity contribution in [1.29, 1.82) is 5.26 Å². The Kier molecular flexibility index (Phi) is 5.02. The molecule has 6 nitrogen and oxygen atoms in total. The van der Waals surface area contributed by atoms with Crippen LogP contribution in [0.5, 0.6) is 0 Å². The van der Waals surface area contributed by atoms with Gasteiger partial charge in [-0.25, -0.2) is 0 Å². The molecule has 0 aliphatic rings. The summed E-state index contributed by atoms with van der Waals surface area (Å²) in [4.78, 5) is 12.5. The largest absolute Gasteiger partial charge is 0.368 e. The fourth-order valence-corrected chi connectivity index (χ4v) is 2.51. The molecule has 25 heavy (non-hydrogen) atoms. The van der Waals surface area contributed by atoms with Crippen LogP contribution in [-0.4, -0.2) is 15.0 Å². The van der Waals surface area contributed by atoms with E-state index in [1.54, 1.807) is 6.08 Å². The molecule has 0 fully saturated rings. The van der Waals surface area contributed by atoms with Crippen molar-refractivity contribution in [3.8, 4) is 6.07 Å². The number of nitrogens with zero attached hydrogens (tertiary/aromatic N) is 4. The summed E-state index contributed by atoms with van der Waals surface area (Å²) in [5, 5.41) is 12.6. The van der Waals surface area contributed by atoms with Crippen LogP contribution in [0.3, 0.4) is 0 Å². The highest BCUT2D eigenvalue weighted by Gasteiger charge is 2.10. The Hall–Kier alpha value is -3.24. The van der Waals surface area contributed by atoms with E-state index in [0.717, 1.165) is 15.7 Å². The summed E-state index contributed by atoms with van der Waals surface area (Å²) in [6, 6.07) is 19.1. The number of halogens is 1. The summed E-state index contributed by atoms with van der Waals surface area (Å²) in [7, 11) is 0. The molecule has 0 radical (unpaired) electrons. The molecule has 0 spiro atoms. The minimum absolute atomic E-state index is 0.0386. The van der Waals surface area contributed by atoms with E-state index < -0.39 is 0 Å². The van der Waals surface area contributed by atoms with Gasteiger partial charge < -0.3 is 11.1 Å². The summed E-state index contributed by atoms with van der Waals surface area (Å²) >= 11 is 3.46. The molecule has 3 N–H and O–H groups in total. The number of nitrogens with one attached hydrogen (secondary N) is 1. The van der Waals surface area contributed by atoms with Gasteiger partial charge in [0.15, 0.2) is 5.82 Å². The second-order valence-electron chi connectivity index (χ2n) is 5.02. The van der Waals surface area contributed by atoms with Gasteiger partial charge in [0.25, 0.3) is 0 Å². The van der Waals surface area contributed by atoms with Crippen LogP contribution in [0, 0.1) is 11.3 Å². The van der Waals surface area contributed by atoms with Crippen LogP contribution in [0.2, 0.25) is 0 Å². The number of hydrogen-bond acceptors (Lipinski definition) is 6. The number of para-hydroxylation sites is 1. The number of anilines is 3. The highest BCUT2D eigenvalue weighted by molar-refractivity contribution is 9.10. The number of nitrogens with two attached hydrogens (primary N) is 1. The van der Waals surface area contributed by atoms with Crippen molar-refractivity contribution in [2.24, 2.45) is 0 Å². The zero-order chi connectivity index (χ0) is 17.6. The predicted molar refractivity (Wildman–Crippen MR) is 102 cm³/mol. The molecule has 0 saturated heterocycles. The Labute approximate surface area is 153 Å². The van der Waals surface area contributed by atoms with Crippen LogP contribution >= 0.6 is 15.9 Å². The van der Waals surface area contributed by atoms with Crippen LogP contribution in [0.4, 0.5) is 17.6 Å². The molecule has 0 atom stereocenters.